The van der Waals surface area contributed by atoms with Crippen molar-refractivity contribution in [3.8, 4) is 5.69 Å². The van der Waals surface area contributed by atoms with Crippen molar-refractivity contribution in [3.63, 3.8) is 0 Å². The van der Waals surface area contributed by atoms with Gasteiger partial charge in [-0.25, -0.2) is 4.68 Å². The molecule has 0 fully saturated rings. The Balaban J connectivity index is 2.59. The molecule has 0 atom stereocenters. The van der Waals surface area contributed by atoms with Crippen LogP contribution in [0.3, 0.4) is 0 Å². The van der Waals surface area contributed by atoms with Crippen molar-refractivity contribution >= 4 is 38.1 Å². The van der Waals surface area contributed by atoms with Crippen LogP contribution < -0.4 is 0 Å². The van der Waals surface area contributed by atoms with Crippen LogP contribution in [0.4, 0.5) is 0 Å². The van der Waals surface area contributed by atoms with Gasteiger partial charge in [-0.3, -0.25) is 4.79 Å². The highest BCUT2D eigenvalue weighted by molar-refractivity contribution is 9.10. The number of hydrogen-bond donors (Lipinski definition) is 0. The van der Waals surface area contributed by atoms with Gasteiger partial charge in [0.2, 0.25) is 0 Å². The number of hydrogen-bond acceptors (Lipinski definition) is 2. The maximum Gasteiger partial charge on any atom is 0.152 e. The molecule has 0 aliphatic heterocycles. The summed E-state index contributed by atoms with van der Waals surface area (Å²) in [5.74, 6) is 0. The molecule has 3 nitrogen and oxygen atoms in total. The molecular formula is C10H6Br2N2O. The fourth-order valence-electron chi connectivity index (χ4n) is 1.25. The third-order valence-electron chi connectivity index (χ3n) is 1.92. The zero-order chi connectivity index (χ0) is 10.8. The number of aldehydes is 1. The standard InChI is InChI=1S/C10H6Br2N2O/c11-8-2-1-7(6-15)10(3-8)14-5-9(12)4-13-14/h1-6H. The molecule has 0 spiro atoms. The second-order valence-electron chi connectivity index (χ2n) is 2.92. The summed E-state index contributed by atoms with van der Waals surface area (Å²) in [5, 5.41) is 4.13. The van der Waals surface area contributed by atoms with Gasteiger partial charge in [-0.1, -0.05) is 15.9 Å². The molecule has 0 amide bonds. The van der Waals surface area contributed by atoms with E-state index < -0.39 is 0 Å². The summed E-state index contributed by atoms with van der Waals surface area (Å²) in [4.78, 5) is 10.9. The molecular weight excluding hydrogens is 324 g/mol. The molecule has 2 rings (SSSR count). The Hall–Kier alpha value is -0.940. The van der Waals surface area contributed by atoms with E-state index in [1.165, 1.54) is 0 Å². The Morgan fingerprint density at radius 1 is 1.27 bits per heavy atom. The molecule has 1 heterocycles. The first-order valence-corrected chi connectivity index (χ1v) is 5.74. The molecule has 0 saturated heterocycles. The zero-order valence-corrected chi connectivity index (χ0v) is 10.7. The van der Waals surface area contributed by atoms with Crippen molar-refractivity contribution in [2.45, 2.75) is 0 Å². The van der Waals surface area contributed by atoms with E-state index in [9.17, 15) is 4.79 Å². The van der Waals surface area contributed by atoms with Gasteiger partial charge in [0.25, 0.3) is 0 Å². The van der Waals surface area contributed by atoms with E-state index in [-0.39, 0.29) is 0 Å². The smallest absolute Gasteiger partial charge is 0.152 e. The molecule has 1 aromatic heterocycles. The van der Waals surface area contributed by atoms with Gasteiger partial charge in [-0.15, -0.1) is 0 Å². The van der Waals surface area contributed by atoms with E-state index in [0.717, 1.165) is 20.9 Å². The number of aromatic nitrogens is 2. The summed E-state index contributed by atoms with van der Waals surface area (Å²) >= 11 is 6.67. The predicted molar refractivity (Wildman–Crippen MR) is 64.4 cm³/mol. The summed E-state index contributed by atoms with van der Waals surface area (Å²) in [5.41, 5.74) is 1.36. The first-order chi connectivity index (χ1) is 7.20. The molecule has 0 bridgehead atoms. The van der Waals surface area contributed by atoms with Crippen LogP contribution in [0.1, 0.15) is 10.4 Å². The molecule has 0 radical (unpaired) electrons. The Morgan fingerprint density at radius 2 is 2.07 bits per heavy atom. The maximum absolute atomic E-state index is 10.9. The molecule has 5 heteroatoms. The van der Waals surface area contributed by atoms with E-state index in [2.05, 4.69) is 37.0 Å². The third kappa shape index (κ3) is 2.18. The average Bonchev–Trinajstić information content (AvgIpc) is 2.65. The Labute approximate surface area is 103 Å². The lowest BCUT2D eigenvalue weighted by Gasteiger charge is -2.04. The second-order valence-corrected chi connectivity index (χ2v) is 4.76. The molecule has 0 unspecified atom stereocenters. The molecule has 1 aromatic carbocycles. The molecule has 15 heavy (non-hydrogen) atoms. The molecule has 0 aliphatic rings. The van der Waals surface area contributed by atoms with Gasteiger partial charge < -0.3 is 0 Å². The van der Waals surface area contributed by atoms with Crippen molar-refractivity contribution in [3.05, 3.63) is 45.1 Å². The number of halogens is 2. The number of benzene rings is 1. The highest BCUT2D eigenvalue weighted by Gasteiger charge is 2.05. The SMILES string of the molecule is O=Cc1ccc(Br)cc1-n1cc(Br)cn1. The van der Waals surface area contributed by atoms with Crippen molar-refractivity contribution < 1.29 is 4.79 Å². The van der Waals surface area contributed by atoms with E-state index in [4.69, 9.17) is 0 Å². The van der Waals surface area contributed by atoms with Crippen LogP contribution in [0.5, 0.6) is 0 Å². The highest BCUT2D eigenvalue weighted by atomic mass is 79.9. The fraction of sp³-hybridized carbons (Fsp3) is 0. The van der Waals surface area contributed by atoms with Crippen molar-refractivity contribution in [1.82, 2.24) is 9.78 Å². The number of rotatable bonds is 2. The summed E-state index contributed by atoms with van der Waals surface area (Å²) in [6.45, 7) is 0. The zero-order valence-electron chi connectivity index (χ0n) is 7.52. The Morgan fingerprint density at radius 3 is 2.67 bits per heavy atom. The molecule has 2 aromatic rings. The van der Waals surface area contributed by atoms with E-state index in [1.54, 1.807) is 23.1 Å². The molecule has 76 valence electrons. The number of nitrogens with zero attached hydrogens (tertiary/aromatic N) is 2. The van der Waals surface area contributed by atoms with Gasteiger partial charge in [0.15, 0.2) is 6.29 Å². The van der Waals surface area contributed by atoms with Gasteiger partial charge >= 0.3 is 0 Å². The van der Waals surface area contributed by atoms with Gasteiger partial charge in [0.1, 0.15) is 0 Å². The van der Waals surface area contributed by atoms with E-state index in [1.807, 2.05) is 12.1 Å². The first kappa shape index (κ1) is 10.6. The van der Waals surface area contributed by atoms with Crippen LogP contribution in [0.2, 0.25) is 0 Å². The lowest BCUT2D eigenvalue weighted by Crippen LogP contribution is -1.99. The van der Waals surface area contributed by atoms with Crippen LogP contribution >= 0.6 is 31.9 Å². The number of carbonyl (C=O) groups excluding carboxylic acids is 1. The van der Waals surface area contributed by atoms with Gasteiger partial charge in [-0.05, 0) is 34.1 Å². The minimum absolute atomic E-state index is 0.605. The molecule has 0 aliphatic carbocycles. The topological polar surface area (TPSA) is 34.9 Å². The third-order valence-corrected chi connectivity index (χ3v) is 2.82. The average molecular weight is 330 g/mol. The van der Waals surface area contributed by atoms with Crippen molar-refractivity contribution in [1.29, 1.82) is 0 Å². The van der Waals surface area contributed by atoms with Crippen LogP contribution in [0.15, 0.2) is 39.5 Å². The maximum atomic E-state index is 10.9. The Bertz CT molecular complexity index is 508. The van der Waals surface area contributed by atoms with Crippen molar-refractivity contribution in [2.24, 2.45) is 0 Å². The van der Waals surface area contributed by atoms with E-state index in [0.29, 0.717) is 5.56 Å². The minimum Gasteiger partial charge on any atom is -0.298 e. The van der Waals surface area contributed by atoms with Crippen LogP contribution in [0.25, 0.3) is 5.69 Å². The monoisotopic (exact) mass is 328 g/mol. The summed E-state index contributed by atoms with van der Waals surface area (Å²) in [7, 11) is 0. The normalized spacial score (nSPS) is 10.3. The van der Waals surface area contributed by atoms with Gasteiger partial charge in [0.05, 0.1) is 16.4 Å². The minimum atomic E-state index is 0.605. The predicted octanol–water partition coefficient (Wildman–Crippen LogP) is 3.21. The summed E-state index contributed by atoms with van der Waals surface area (Å²) < 4.78 is 3.44. The van der Waals surface area contributed by atoms with Crippen LogP contribution in [0, 0.1) is 0 Å². The van der Waals surface area contributed by atoms with Crippen LogP contribution in [-0.4, -0.2) is 16.1 Å². The van der Waals surface area contributed by atoms with Crippen LogP contribution in [-0.2, 0) is 0 Å². The summed E-state index contributed by atoms with van der Waals surface area (Å²) in [6, 6.07) is 5.43. The highest BCUT2D eigenvalue weighted by Crippen LogP contribution is 2.20. The van der Waals surface area contributed by atoms with Gasteiger partial charge in [0, 0.05) is 16.2 Å². The fourth-order valence-corrected chi connectivity index (χ4v) is 1.88. The van der Waals surface area contributed by atoms with Crippen molar-refractivity contribution in [2.75, 3.05) is 0 Å². The summed E-state index contributed by atoms with van der Waals surface area (Å²) in [6.07, 6.45) is 4.29. The number of carbonyl (C=O) groups is 1. The lowest BCUT2D eigenvalue weighted by atomic mass is 10.2. The van der Waals surface area contributed by atoms with Gasteiger partial charge in [-0.2, -0.15) is 5.10 Å². The quantitative estimate of drug-likeness (QED) is 0.793. The largest absolute Gasteiger partial charge is 0.298 e. The lowest BCUT2D eigenvalue weighted by molar-refractivity contribution is 0.112. The van der Waals surface area contributed by atoms with E-state index >= 15 is 0 Å². The molecule has 0 saturated carbocycles. The Kier molecular flexibility index (Phi) is 3.02. The first-order valence-electron chi connectivity index (χ1n) is 4.16. The second kappa shape index (κ2) is 4.28. The molecule has 0 N–H and O–H groups in total.